The first-order chi connectivity index (χ1) is 11.2. The second-order valence-corrected chi connectivity index (χ2v) is 6.76. The Morgan fingerprint density at radius 3 is 2.25 bits per heavy atom. The lowest BCUT2D eigenvalue weighted by Gasteiger charge is -2.16. The molecule has 128 valence electrons. The van der Waals surface area contributed by atoms with E-state index in [0.29, 0.717) is 24.4 Å². The summed E-state index contributed by atoms with van der Waals surface area (Å²) < 4.78 is 0. The van der Waals surface area contributed by atoms with Crippen LogP contribution >= 0.6 is 0 Å². The van der Waals surface area contributed by atoms with E-state index >= 15 is 0 Å². The lowest BCUT2D eigenvalue weighted by molar-refractivity contribution is 0.0713. The van der Waals surface area contributed by atoms with Crippen LogP contribution in [0.5, 0.6) is 0 Å². The molecule has 0 aliphatic heterocycles. The van der Waals surface area contributed by atoms with Gasteiger partial charge in [-0.3, -0.25) is 4.79 Å². The number of hydrogen-bond acceptors (Lipinski definition) is 4. The van der Waals surface area contributed by atoms with Crippen LogP contribution in [0.1, 0.15) is 53.4 Å². The van der Waals surface area contributed by atoms with E-state index in [4.69, 9.17) is 0 Å². The summed E-state index contributed by atoms with van der Waals surface area (Å²) in [7, 11) is 0. The van der Waals surface area contributed by atoms with Crippen LogP contribution < -0.4 is 5.32 Å². The first-order valence-electron chi connectivity index (χ1n) is 8.14. The van der Waals surface area contributed by atoms with E-state index in [0.717, 1.165) is 23.4 Å². The SMILES string of the molecule is Cc1cc(C)nc(CNC(=O)c2ccc(CCC(C)(C)O)cc2)n1. The van der Waals surface area contributed by atoms with Crippen LogP contribution in [0, 0.1) is 13.8 Å². The van der Waals surface area contributed by atoms with Crippen molar-refractivity contribution in [3.8, 4) is 0 Å². The van der Waals surface area contributed by atoms with Crippen LogP contribution in [0.2, 0.25) is 0 Å². The zero-order valence-corrected chi connectivity index (χ0v) is 14.8. The molecule has 0 unspecified atom stereocenters. The highest BCUT2D eigenvalue weighted by atomic mass is 16.3. The summed E-state index contributed by atoms with van der Waals surface area (Å²) in [5.41, 5.74) is 2.81. The quantitative estimate of drug-likeness (QED) is 0.855. The van der Waals surface area contributed by atoms with Gasteiger partial charge in [-0.2, -0.15) is 0 Å². The predicted octanol–water partition coefficient (Wildman–Crippen LogP) is 2.73. The van der Waals surface area contributed by atoms with Gasteiger partial charge in [-0.05, 0) is 64.3 Å². The molecule has 0 aliphatic carbocycles. The highest BCUT2D eigenvalue weighted by Gasteiger charge is 2.12. The summed E-state index contributed by atoms with van der Waals surface area (Å²) in [4.78, 5) is 20.8. The lowest BCUT2D eigenvalue weighted by atomic mass is 9.98. The molecule has 1 aromatic carbocycles. The third-order valence-electron chi connectivity index (χ3n) is 3.68. The molecule has 1 heterocycles. The molecule has 1 amide bonds. The molecule has 0 fully saturated rings. The zero-order chi connectivity index (χ0) is 17.7. The van der Waals surface area contributed by atoms with Gasteiger partial charge in [0.2, 0.25) is 0 Å². The highest BCUT2D eigenvalue weighted by molar-refractivity contribution is 5.94. The summed E-state index contributed by atoms with van der Waals surface area (Å²) in [6.07, 6.45) is 1.46. The van der Waals surface area contributed by atoms with E-state index in [1.807, 2.05) is 32.0 Å². The molecule has 1 aromatic heterocycles. The average molecular weight is 327 g/mol. The standard InChI is InChI=1S/C19H25N3O2/c1-13-11-14(2)22-17(21-13)12-20-18(23)16-7-5-15(6-8-16)9-10-19(3,4)24/h5-8,11,24H,9-10,12H2,1-4H3,(H,20,23). The first-order valence-corrected chi connectivity index (χ1v) is 8.14. The molecule has 2 N–H and O–H groups in total. The Morgan fingerprint density at radius 2 is 1.71 bits per heavy atom. The zero-order valence-electron chi connectivity index (χ0n) is 14.8. The van der Waals surface area contributed by atoms with Crippen molar-refractivity contribution in [2.75, 3.05) is 0 Å². The molecule has 24 heavy (non-hydrogen) atoms. The van der Waals surface area contributed by atoms with Gasteiger partial charge in [-0.1, -0.05) is 12.1 Å². The Hall–Kier alpha value is -2.27. The fourth-order valence-electron chi connectivity index (χ4n) is 2.41. The number of carbonyl (C=O) groups excluding carboxylic acids is 1. The van der Waals surface area contributed by atoms with Gasteiger partial charge in [0.1, 0.15) is 5.82 Å². The molecule has 0 saturated heterocycles. The summed E-state index contributed by atoms with van der Waals surface area (Å²) in [5, 5.41) is 12.6. The summed E-state index contributed by atoms with van der Waals surface area (Å²) in [6, 6.07) is 9.36. The van der Waals surface area contributed by atoms with Gasteiger partial charge in [0.25, 0.3) is 5.91 Å². The summed E-state index contributed by atoms with van der Waals surface area (Å²) in [6.45, 7) is 7.72. The molecule has 0 atom stereocenters. The largest absolute Gasteiger partial charge is 0.390 e. The summed E-state index contributed by atoms with van der Waals surface area (Å²) in [5.74, 6) is 0.467. The topological polar surface area (TPSA) is 75.1 Å². The van der Waals surface area contributed by atoms with E-state index in [1.165, 1.54) is 0 Å². The first kappa shape index (κ1) is 18.1. The molecular weight excluding hydrogens is 302 g/mol. The van der Waals surface area contributed by atoms with Crippen LogP contribution in [-0.4, -0.2) is 26.6 Å². The van der Waals surface area contributed by atoms with Crippen LogP contribution in [0.3, 0.4) is 0 Å². The third kappa shape index (κ3) is 5.74. The molecule has 0 saturated carbocycles. The van der Waals surface area contributed by atoms with Crippen molar-refractivity contribution < 1.29 is 9.90 Å². The maximum Gasteiger partial charge on any atom is 0.251 e. The van der Waals surface area contributed by atoms with Crippen molar-refractivity contribution in [1.29, 1.82) is 0 Å². The van der Waals surface area contributed by atoms with Crippen LogP contribution in [0.4, 0.5) is 0 Å². The van der Waals surface area contributed by atoms with E-state index in [2.05, 4.69) is 15.3 Å². The molecule has 5 nitrogen and oxygen atoms in total. The third-order valence-corrected chi connectivity index (χ3v) is 3.68. The molecule has 2 rings (SSSR count). The normalized spacial score (nSPS) is 11.4. The van der Waals surface area contributed by atoms with Crippen molar-refractivity contribution in [2.45, 2.75) is 52.7 Å². The molecule has 0 bridgehead atoms. The number of aryl methyl sites for hydroxylation is 3. The van der Waals surface area contributed by atoms with Gasteiger partial charge in [0.15, 0.2) is 0 Å². The number of aromatic nitrogens is 2. The monoisotopic (exact) mass is 327 g/mol. The second-order valence-electron chi connectivity index (χ2n) is 6.76. The Bertz CT molecular complexity index is 683. The fraction of sp³-hybridized carbons (Fsp3) is 0.421. The van der Waals surface area contributed by atoms with Crippen molar-refractivity contribution in [1.82, 2.24) is 15.3 Å². The van der Waals surface area contributed by atoms with Crippen molar-refractivity contribution >= 4 is 5.91 Å². The second kappa shape index (κ2) is 7.53. The summed E-state index contributed by atoms with van der Waals surface area (Å²) >= 11 is 0. The highest BCUT2D eigenvalue weighted by Crippen LogP contribution is 2.14. The fourth-order valence-corrected chi connectivity index (χ4v) is 2.41. The maximum atomic E-state index is 12.2. The molecule has 5 heteroatoms. The molecular formula is C19H25N3O2. The lowest BCUT2D eigenvalue weighted by Crippen LogP contribution is -2.24. The Morgan fingerprint density at radius 1 is 1.12 bits per heavy atom. The minimum Gasteiger partial charge on any atom is -0.390 e. The van der Waals surface area contributed by atoms with Gasteiger partial charge in [-0.15, -0.1) is 0 Å². The predicted molar refractivity (Wildman–Crippen MR) is 93.7 cm³/mol. The number of amides is 1. The molecule has 0 spiro atoms. The number of nitrogens with zero attached hydrogens (tertiary/aromatic N) is 2. The van der Waals surface area contributed by atoms with E-state index in [1.54, 1.807) is 26.0 Å². The molecule has 0 aliphatic rings. The average Bonchev–Trinajstić information content (AvgIpc) is 2.49. The number of hydrogen-bond donors (Lipinski definition) is 2. The van der Waals surface area contributed by atoms with E-state index < -0.39 is 5.60 Å². The number of benzene rings is 1. The number of aliphatic hydroxyl groups is 1. The van der Waals surface area contributed by atoms with Crippen molar-refractivity contribution in [3.05, 3.63) is 58.7 Å². The number of rotatable bonds is 6. The van der Waals surface area contributed by atoms with Crippen LogP contribution in [0.15, 0.2) is 30.3 Å². The van der Waals surface area contributed by atoms with Crippen LogP contribution in [-0.2, 0) is 13.0 Å². The van der Waals surface area contributed by atoms with Gasteiger partial charge in [0.05, 0.1) is 12.1 Å². The van der Waals surface area contributed by atoms with E-state index in [9.17, 15) is 9.90 Å². The Labute approximate surface area is 143 Å². The maximum absolute atomic E-state index is 12.2. The van der Waals surface area contributed by atoms with Crippen molar-refractivity contribution in [3.63, 3.8) is 0 Å². The number of nitrogens with one attached hydrogen (secondary N) is 1. The van der Waals surface area contributed by atoms with Gasteiger partial charge in [0, 0.05) is 17.0 Å². The Balaban J connectivity index is 1.92. The minimum absolute atomic E-state index is 0.146. The molecule has 0 radical (unpaired) electrons. The van der Waals surface area contributed by atoms with Gasteiger partial charge in [-0.25, -0.2) is 9.97 Å². The number of carbonyl (C=O) groups is 1. The molecule has 2 aromatic rings. The van der Waals surface area contributed by atoms with E-state index in [-0.39, 0.29) is 5.91 Å². The van der Waals surface area contributed by atoms with Gasteiger partial charge >= 0.3 is 0 Å². The van der Waals surface area contributed by atoms with Crippen LogP contribution in [0.25, 0.3) is 0 Å². The van der Waals surface area contributed by atoms with Gasteiger partial charge < -0.3 is 10.4 Å². The smallest absolute Gasteiger partial charge is 0.251 e. The minimum atomic E-state index is -0.679. The van der Waals surface area contributed by atoms with Crippen molar-refractivity contribution in [2.24, 2.45) is 0 Å². The Kier molecular flexibility index (Phi) is 5.67.